The molecule has 0 aliphatic carbocycles. The number of aromatic nitrogens is 3. The van der Waals surface area contributed by atoms with Crippen LogP contribution in [0.1, 0.15) is 23.5 Å². The maximum absolute atomic E-state index is 12.5. The van der Waals surface area contributed by atoms with Gasteiger partial charge in [0.05, 0.1) is 11.5 Å². The van der Waals surface area contributed by atoms with Crippen molar-refractivity contribution >= 4 is 28.5 Å². The third-order valence-electron chi connectivity index (χ3n) is 5.39. The number of rotatable bonds is 5. The second-order valence-electron chi connectivity index (χ2n) is 7.17. The lowest BCUT2D eigenvalue weighted by molar-refractivity contribution is -0.125. The van der Waals surface area contributed by atoms with E-state index in [1.54, 1.807) is 0 Å². The van der Waals surface area contributed by atoms with E-state index in [0.717, 1.165) is 21.0 Å². The molecule has 29 heavy (non-hydrogen) atoms. The third-order valence-corrected chi connectivity index (χ3v) is 5.39. The first kappa shape index (κ1) is 18.7. The van der Waals surface area contributed by atoms with E-state index in [1.807, 2.05) is 30.5 Å². The Bertz CT molecular complexity index is 1250. The van der Waals surface area contributed by atoms with Gasteiger partial charge >= 0.3 is 5.69 Å². The van der Waals surface area contributed by atoms with Crippen LogP contribution < -0.4 is 21.9 Å². The third kappa shape index (κ3) is 3.14. The highest BCUT2D eigenvalue weighted by Gasteiger charge is 2.37. The number of benzene rings is 1. The zero-order valence-corrected chi connectivity index (χ0v) is 16.1. The standard InChI is InChI=1S/C20H21N5O4/c1-24-17-16(19(28)25(2)20(24)29)13(18(27)23-17)9-15(26)21-8-7-11-10-22-14-6-4-3-5-12(11)14/h3-6,10,13,22H,7-9H2,1-2H3,(H,21,26)(H,23,27)/t13-/m1/s1. The number of nitrogens with one attached hydrogen (secondary N) is 3. The van der Waals surface area contributed by atoms with Gasteiger partial charge in [0.2, 0.25) is 11.8 Å². The summed E-state index contributed by atoms with van der Waals surface area (Å²) in [6.45, 7) is 0.410. The molecule has 9 nitrogen and oxygen atoms in total. The molecule has 3 N–H and O–H groups in total. The zero-order chi connectivity index (χ0) is 20.7. The predicted molar refractivity (Wildman–Crippen MR) is 108 cm³/mol. The lowest BCUT2D eigenvalue weighted by atomic mass is 9.99. The van der Waals surface area contributed by atoms with Crippen molar-refractivity contribution in [1.82, 2.24) is 19.4 Å². The Balaban J connectivity index is 1.45. The smallest absolute Gasteiger partial charge is 0.332 e. The first-order valence-electron chi connectivity index (χ1n) is 9.31. The number of anilines is 1. The quantitative estimate of drug-likeness (QED) is 0.578. The van der Waals surface area contributed by atoms with Gasteiger partial charge in [-0.25, -0.2) is 4.79 Å². The van der Waals surface area contributed by atoms with E-state index < -0.39 is 23.1 Å². The largest absolute Gasteiger partial charge is 0.361 e. The van der Waals surface area contributed by atoms with E-state index >= 15 is 0 Å². The zero-order valence-electron chi connectivity index (χ0n) is 16.1. The fraction of sp³-hybridized carbons (Fsp3) is 0.300. The van der Waals surface area contributed by atoms with Gasteiger partial charge in [-0.2, -0.15) is 0 Å². The molecule has 0 fully saturated rings. The Kier molecular flexibility index (Phi) is 4.57. The Hall–Kier alpha value is -3.62. The molecule has 0 unspecified atom stereocenters. The summed E-state index contributed by atoms with van der Waals surface area (Å²) >= 11 is 0. The van der Waals surface area contributed by atoms with Crippen LogP contribution >= 0.6 is 0 Å². The number of H-pyrrole nitrogens is 1. The van der Waals surface area contributed by atoms with Crippen LogP contribution in [0.3, 0.4) is 0 Å². The van der Waals surface area contributed by atoms with Crippen LogP contribution in [0.5, 0.6) is 0 Å². The van der Waals surface area contributed by atoms with E-state index in [2.05, 4.69) is 15.6 Å². The van der Waals surface area contributed by atoms with Gasteiger partial charge in [-0.05, 0) is 18.1 Å². The Labute approximate surface area is 165 Å². The van der Waals surface area contributed by atoms with Crippen LogP contribution in [0.25, 0.3) is 10.9 Å². The van der Waals surface area contributed by atoms with Crippen molar-refractivity contribution in [2.75, 3.05) is 11.9 Å². The number of carbonyl (C=O) groups is 2. The van der Waals surface area contributed by atoms with Gasteiger partial charge in [0, 0.05) is 44.2 Å². The maximum Gasteiger partial charge on any atom is 0.332 e. The fourth-order valence-corrected chi connectivity index (χ4v) is 3.80. The molecule has 1 aliphatic heterocycles. The molecular formula is C20H21N5O4. The summed E-state index contributed by atoms with van der Waals surface area (Å²) in [7, 11) is 2.83. The number of aromatic amines is 1. The first-order chi connectivity index (χ1) is 13.9. The maximum atomic E-state index is 12.5. The molecule has 1 aromatic carbocycles. The molecule has 4 rings (SSSR count). The van der Waals surface area contributed by atoms with Crippen LogP contribution in [0, 0.1) is 0 Å². The van der Waals surface area contributed by atoms with Crippen molar-refractivity contribution in [2.24, 2.45) is 14.1 Å². The first-order valence-corrected chi connectivity index (χ1v) is 9.31. The molecule has 3 aromatic rings. The molecule has 0 radical (unpaired) electrons. The summed E-state index contributed by atoms with van der Waals surface area (Å²) in [5.41, 5.74) is 1.20. The average molecular weight is 395 g/mol. The van der Waals surface area contributed by atoms with Gasteiger partial charge in [0.25, 0.3) is 5.56 Å². The van der Waals surface area contributed by atoms with Crippen molar-refractivity contribution in [3.8, 4) is 0 Å². The molecule has 1 atom stereocenters. The molecule has 0 bridgehead atoms. The highest BCUT2D eigenvalue weighted by atomic mass is 16.2. The lowest BCUT2D eigenvalue weighted by Gasteiger charge is -2.11. The van der Waals surface area contributed by atoms with Crippen LogP contribution in [0.15, 0.2) is 40.1 Å². The minimum absolute atomic E-state index is 0.153. The number of para-hydroxylation sites is 1. The van der Waals surface area contributed by atoms with Gasteiger partial charge in [-0.15, -0.1) is 0 Å². The second kappa shape index (κ2) is 7.08. The highest BCUT2D eigenvalue weighted by Crippen LogP contribution is 2.30. The number of hydrogen-bond donors (Lipinski definition) is 3. The number of hydrogen-bond acceptors (Lipinski definition) is 4. The molecule has 0 saturated carbocycles. The van der Waals surface area contributed by atoms with E-state index in [9.17, 15) is 19.2 Å². The number of carbonyl (C=O) groups excluding carboxylic acids is 2. The van der Waals surface area contributed by atoms with Crippen molar-refractivity contribution in [1.29, 1.82) is 0 Å². The van der Waals surface area contributed by atoms with Crippen molar-refractivity contribution in [3.63, 3.8) is 0 Å². The van der Waals surface area contributed by atoms with Gasteiger partial charge in [0.1, 0.15) is 5.82 Å². The molecule has 9 heteroatoms. The fourth-order valence-electron chi connectivity index (χ4n) is 3.80. The Morgan fingerprint density at radius 3 is 2.69 bits per heavy atom. The van der Waals surface area contributed by atoms with Crippen LogP contribution in [-0.4, -0.2) is 32.5 Å². The van der Waals surface area contributed by atoms with Crippen molar-refractivity contribution in [2.45, 2.75) is 18.8 Å². The molecule has 2 aromatic heterocycles. The van der Waals surface area contributed by atoms with Gasteiger partial charge in [0.15, 0.2) is 0 Å². The van der Waals surface area contributed by atoms with E-state index in [4.69, 9.17) is 0 Å². The van der Waals surface area contributed by atoms with Crippen LogP contribution in [0.2, 0.25) is 0 Å². The highest BCUT2D eigenvalue weighted by molar-refractivity contribution is 6.04. The van der Waals surface area contributed by atoms with Crippen molar-refractivity contribution < 1.29 is 9.59 Å². The Morgan fingerprint density at radius 2 is 1.90 bits per heavy atom. The second-order valence-corrected chi connectivity index (χ2v) is 7.17. The summed E-state index contributed by atoms with van der Waals surface area (Å²) in [5, 5.41) is 6.48. The minimum Gasteiger partial charge on any atom is -0.361 e. The summed E-state index contributed by atoms with van der Waals surface area (Å²) in [5.74, 6) is -1.53. The molecule has 1 aliphatic rings. The number of fused-ring (bicyclic) bond motifs is 2. The van der Waals surface area contributed by atoms with Crippen LogP contribution in [-0.2, 0) is 30.1 Å². The molecule has 0 spiro atoms. The molecule has 150 valence electrons. The molecular weight excluding hydrogens is 374 g/mol. The lowest BCUT2D eigenvalue weighted by Crippen LogP contribution is -2.39. The number of amides is 2. The number of nitrogens with zero attached hydrogens (tertiary/aromatic N) is 2. The molecule has 0 saturated heterocycles. The summed E-state index contributed by atoms with van der Waals surface area (Å²) in [6.07, 6.45) is 2.40. The monoisotopic (exact) mass is 395 g/mol. The topological polar surface area (TPSA) is 118 Å². The predicted octanol–water partition coefficient (Wildman–Crippen LogP) is 0.350. The van der Waals surface area contributed by atoms with Gasteiger partial charge < -0.3 is 15.6 Å². The Morgan fingerprint density at radius 1 is 1.14 bits per heavy atom. The van der Waals surface area contributed by atoms with Crippen molar-refractivity contribution in [3.05, 3.63) is 62.4 Å². The average Bonchev–Trinajstić information content (AvgIpc) is 3.26. The summed E-state index contributed by atoms with van der Waals surface area (Å²) in [4.78, 5) is 52.5. The van der Waals surface area contributed by atoms with E-state index in [1.165, 1.54) is 18.7 Å². The normalized spacial score (nSPS) is 15.4. The van der Waals surface area contributed by atoms with E-state index in [0.29, 0.717) is 13.0 Å². The van der Waals surface area contributed by atoms with Gasteiger partial charge in [-0.3, -0.25) is 23.5 Å². The minimum atomic E-state index is -0.913. The van der Waals surface area contributed by atoms with E-state index in [-0.39, 0.29) is 23.7 Å². The summed E-state index contributed by atoms with van der Waals surface area (Å²) in [6, 6.07) is 7.92. The molecule has 3 heterocycles. The summed E-state index contributed by atoms with van der Waals surface area (Å²) < 4.78 is 2.16. The SMILES string of the molecule is Cn1c2c(c(=O)n(C)c1=O)[C@@H](CC(=O)NCCc1c[nH]c3ccccc13)C(=O)N2. The van der Waals surface area contributed by atoms with Crippen LogP contribution in [0.4, 0.5) is 5.82 Å². The van der Waals surface area contributed by atoms with Gasteiger partial charge in [-0.1, -0.05) is 18.2 Å². The molecule has 2 amide bonds.